The molecule has 0 saturated heterocycles. The van der Waals surface area contributed by atoms with Crippen LogP contribution in [0.15, 0.2) is 59.0 Å². The Balaban J connectivity index is 1.78. The van der Waals surface area contributed by atoms with Crippen molar-refractivity contribution in [2.45, 2.75) is 26.9 Å². The number of aryl methyl sites for hydroxylation is 1. The van der Waals surface area contributed by atoms with E-state index in [9.17, 15) is 4.79 Å². The summed E-state index contributed by atoms with van der Waals surface area (Å²) in [6, 6.07) is 15.4. The molecule has 0 atom stereocenters. The summed E-state index contributed by atoms with van der Waals surface area (Å²) in [5.74, 6) is -0.311. The van der Waals surface area contributed by atoms with Crippen LogP contribution < -0.4 is 5.43 Å². The zero-order valence-corrected chi connectivity index (χ0v) is 16.3. The Morgan fingerprint density at radius 1 is 1.19 bits per heavy atom. The third-order valence-electron chi connectivity index (χ3n) is 3.72. The van der Waals surface area contributed by atoms with E-state index >= 15 is 0 Å². The van der Waals surface area contributed by atoms with Gasteiger partial charge in [-0.05, 0) is 44.0 Å². The molecule has 3 aromatic rings. The number of nitrogens with zero attached hydrogens (tertiary/aromatic N) is 2. The number of aromatic nitrogens is 1. The van der Waals surface area contributed by atoms with Gasteiger partial charge in [0.05, 0.1) is 23.6 Å². The van der Waals surface area contributed by atoms with E-state index in [1.54, 1.807) is 18.3 Å². The smallest absolute Gasteiger partial charge is 0.338 e. The largest absolute Gasteiger partial charge is 0.459 e. The summed E-state index contributed by atoms with van der Waals surface area (Å²) < 4.78 is 5.23. The Morgan fingerprint density at radius 3 is 2.59 bits per heavy atom. The lowest BCUT2D eigenvalue weighted by atomic mass is 9.99. The Hall–Kier alpha value is -2.99. The number of hydrazone groups is 1. The lowest BCUT2D eigenvalue weighted by Crippen LogP contribution is -2.11. The van der Waals surface area contributed by atoms with Crippen molar-refractivity contribution in [1.29, 1.82) is 0 Å². The van der Waals surface area contributed by atoms with Crippen molar-refractivity contribution >= 4 is 28.7 Å². The SMILES string of the molecule is Cc1csc(NN=Cc2ccccc2-c2ccc(C(=O)OC(C)C)cc2)n1. The van der Waals surface area contributed by atoms with E-state index in [1.807, 2.05) is 62.5 Å². The van der Waals surface area contributed by atoms with Gasteiger partial charge in [0.25, 0.3) is 0 Å². The van der Waals surface area contributed by atoms with Gasteiger partial charge in [-0.2, -0.15) is 5.10 Å². The van der Waals surface area contributed by atoms with Crippen LogP contribution in [0.5, 0.6) is 0 Å². The van der Waals surface area contributed by atoms with Gasteiger partial charge >= 0.3 is 5.97 Å². The molecule has 0 bridgehead atoms. The van der Waals surface area contributed by atoms with Gasteiger partial charge in [-0.15, -0.1) is 11.3 Å². The van der Waals surface area contributed by atoms with E-state index in [0.717, 1.165) is 27.5 Å². The molecule has 27 heavy (non-hydrogen) atoms. The minimum absolute atomic E-state index is 0.136. The van der Waals surface area contributed by atoms with Crippen LogP contribution in [0.2, 0.25) is 0 Å². The molecule has 0 unspecified atom stereocenters. The van der Waals surface area contributed by atoms with Gasteiger partial charge in [0.15, 0.2) is 0 Å². The first-order valence-corrected chi connectivity index (χ1v) is 9.52. The number of carbonyl (C=O) groups excluding carboxylic acids is 1. The summed E-state index contributed by atoms with van der Waals surface area (Å²) in [6.07, 6.45) is 1.63. The van der Waals surface area contributed by atoms with Crippen molar-refractivity contribution in [3.63, 3.8) is 0 Å². The van der Waals surface area contributed by atoms with Crippen molar-refractivity contribution in [2.75, 3.05) is 5.43 Å². The van der Waals surface area contributed by atoms with Crippen LogP contribution in [0.1, 0.15) is 35.5 Å². The molecule has 1 heterocycles. The number of nitrogens with one attached hydrogen (secondary N) is 1. The zero-order valence-electron chi connectivity index (χ0n) is 15.5. The molecule has 0 fully saturated rings. The molecule has 3 rings (SSSR count). The molecule has 0 spiro atoms. The number of hydrogen-bond donors (Lipinski definition) is 1. The lowest BCUT2D eigenvalue weighted by Gasteiger charge is -2.09. The Bertz CT molecular complexity index is 946. The van der Waals surface area contributed by atoms with E-state index in [0.29, 0.717) is 5.56 Å². The maximum absolute atomic E-state index is 12.0. The van der Waals surface area contributed by atoms with E-state index < -0.39 is 0 Å². The third kappa shape index (κ3) is 5.01. The summed E-state index contributed by atoms with van der Waals surface area (Å²) in [6.45, 7) is 5.62. The standard InChI is InChI=1S/C21H21N3O2S/c1-14(2)26-20(25)17-10-8-16(9-11-17)19-7-5-4-6-18(19)12-22-24-21-23-15(3)13-27-21/h4-14H,1-3H3,(H,23,24). The quantitative estimate of drug-likeness (QED) is 0.366. The van der Waals surface area contributed by atoms with Gasteiger partial charge < -0.3 is 4.74 Å². The van der Waals surface area contributed by atoms with Gasteiger partial charge in [0.2, 0.25) is 5.13 Å². The second kappa shape index (κ2) is 8.60. The predicted octanol–water partition coefficient (Wildman–Crippen LogP) is 5.13. The van der Waals surface area contributed by atoms with Crippen LogP contribution in [0.4, 0.5) is 5.13 Å². The van der Waals surface area contributed by atoms with Crippen molar-refractivity contribution in [1.82, 2.24) is 4.98 Å². The molecule has 0 aliphatic carbocycles. The van der Waals surface area contributed by atoms with Crippen LogP contribution >= 0.6 is 11.3 Å². The van der Waals surface area contributed by atoms with Crippen LogP contribution in [-0.4, -0.2) is 23.3 Å². The molecule has 0 radical (unpaired) electrons. The molecule has 1 aromatic heterocycles. The first-order valence-electron chi connectivity index (χ1n) is 8.64. The fraction of sp³-hybridized carbons (Fsp3) is 0.190. The fourth-order valence-electron chi connectivity index (χ4n) is 2.50. The molecule has 6 heteroatoms. The highest BCUT2D eigenvalue weighted by molar-refractivity contribution is 7.13. The number of hydrogen-bond acceptors (Lipinski definition) is 6. The van der Waals surface area contributed by atoms with E-state index in [2.05, 4.69) is 15.5 Å². The minimum Gasteiger partial charge on any atom is -0.459 e. The maximum atomic E-state index is 12.0. The highest BCUT2D eigenvalue weighted by atomic mass is 32.1. The number of benzene rings is 2. The first-order chi connectivity index (χ1) is 13.0. The van der Waals surface area contributed by atoms with Crippen LogP contribution in [-0.2, 0) is 4.74 Å². The number of ether oxygens (including phenoxy) is 1. The maximum Gasteiger partial charge on any atom is 0.338 e. The van der Waals surface area contributed by atoms with Gasteiger partial charge in [-0.25, -0.2) is 9.78 Å². The number of esters is 1. The van der Waals surface area contributed by atoms with Crippen molar-refractivity contribution < 1.29 is 9.53 Å². The van der Waals surface area contributed by atoms with Crippen LogP contribution in [0.25, 0.3) is 11.1 Å². The summed E-state index contributed by atoms with van der Waals surface area (Å²) in [4.78, 5) is 16.3. The molecule has 2 aromatic carbocycles. The molecular weight excluding hydrogens is 358 g/mol. The summed E-state index contributed by atoms with van der Waals surface area (Å²) in [7, 11) is 0. The lowest BCUT2D eigenvalue weighted by molar-refractivity contribution is 0.0378. The van der Waals surface area contributed by atoms with E-state index in [1.165, 1.54) is 11.3 Å². The Kier molecular flexibility index (Phi) is 5.98. The molecular formula is C21H21N3O2S. The molecule has 0 amide bonds. The van der Waals surface area contributed by atoms with E-state index in [-0.39, 0.29) is 12.1 Å². The highest BCUT2D eigenvalue weighted by Gasteiger charge is 2.10. The highest BCUT2D eigenvalue weighted by Crippen LogP contribution is 2.23. The number of rotatable bonds is 6. The second-order valence-corrected chi connectivity index (χ2v) is 7.14. The predicted molar refractivity (Wildman–Crippen MR) is 110 cm³/mol. The second-order valence-electron chi connectivity index (χ2n) is 6.28. The monoisotopic (exact) mass is 379 g/mol. The fourth-order valence-corrected chi connectivity index (χ4v) is 3.14. The Morgan fingerprint density at radius 2 is 1.93 bits per heavy atom. The first kappa shape index (κ1) is 18.8. The molecule has 0 aliphatic heterocycles. The van der Waals surface area contributed by atoms with E-state index in [4.69, 9.17) is 4.74 Å². The van der Waals surface area contributed by atoms with Crippen molar-refractivity contribution in [3.05, 3.63) is 70.7 Å². The molecule has 138 valence electrons. The van der Waals surface area contributed by atoms with Gasteiger partial charge in [-0.3, -0.25) is 5.43 Å². The van der Waals surface area contributed by atoms with Gasteiger partial charge in [0.1, 0.15) is 0 Å². The molecule has 1 N–H and O–H groups in total. The minimum atomic E-state index is -0.311. The molecule has 5 nitrogen and oxygen atoms in total. The summed E-state index contributed by atoms with van der Waals surface area (Å²) >= 11 is 1.51. The van der Waals surface area contributed by atoms with Crippen LogP contribution in [0, 0.1) is 6.92 Å². The van der Waals surface area contributed by atoms with Crippen LogP contribution in [0.3, 0.4) is 0 Å². The van der Waals surface area contributed by atoms with Gasteiger partial charge in [0, 0.05) is 10.9 Å². The number of carbonyl (C=O) groups is 1. The zero-order chi connectivity index (χ0) is 19.2. The topological polar surface area (TPSA) is 63.6 Å². The Labute approximate surface area is 162 Å². The average molecular weight is 379 g/mol. The third-order valence-corrected chi connectivity index (χ3v) is 4.58. The summed E-state index contributed by atoms with van der Waals surface area (Å²) in [5, 5.41) is 7.02. The number of anilines is 1. The average Bonchev–Trinajstić information content (AvgIpc) is 3.07. The molecule has 0 aliphatic rings. The van der Waals surface area contributed by atoms with Gasteiger partial charge in [-0.1, -0.05) is 36.4 Å². The van der Waals surface area contributed by atoms with Crippen molar-refractivity contribution in [2.24, 2.45) is 5.10 Å². The van der Waals surface area contributed by atoms with Crippen molar-refractivity contribution in [3.8, 4) is 11.1 Å². The number of thiazole rings is 1. The normalized spacial score (nSPS) is 11.1. The molecule has 0 saturated carbocycles. The summed E-state index contributed by atoms with van der Waals surface area (Å²) in [5.41, 5.74) is 7.46.